The summed E-state index contributed by atoms with van der Waals surface area (Å²) < 4.78 is 10.9. The highest BCUT2D eigenvalue weighted by atomic mass is 16.5. The van der Waals surface area contributed by atoms with Gasteiger partial charge in [-0.1, -0.05) is 18.2 Å². The van der Waals surface area contributed by atoms with E-state index in [4.69, 9.17) is 9.47 Å². The number of anilines is 2. The Balaban J connectivity index is 1.50. The van der Waals surface area contributed by atoms with Crippen molar-refractivity contribution in [3.63, 3.8) is 0 Å². The van der Waals surface area contributed by atoms with Gasteiger partial charge in [0, 0.05) is 75.0 Å². The number of piperazine rings is 1. The van der Waals surface area contributed by atoms with Crippen molar-refractivity contribution in [3.05, 3.63) is 77.8 Å². The molecule has 3 N–H and O–H groups in total. The molecule has 2 aliphatic rings. The Morgan fingerprint density at radius 1 is 0.971 bits per heavy atom. The van der Waals surface area contributed by atoms with Gasteiger partial charge in [0.2, 0.25) is 0 Å². The predicted molar refractivity (Wildman–Crippen MR) is 145 cm³/mol. The number of nitrogens with one attached hydrogen (secondary N) is 3. The van der Waals surface area contributed by atoms with Crippen LogP contribution in [0, 0.1) is 0 Å². The Kier molecular flexibility index (Phi) is 8.21. The summed E-state index contributed by atoms with van der Waals surface area (Å²) >= 11 is 0. The number of likely N-dealkylation sites (N-methyl/N-ethyl adjacent to an activating group) is 1. The maximum atomic E-state index is 5.46. The van der Waals surface area contributed by atoms with Crippen molar-refractivity contribution in [2.24, 2.45) is 0 Å². The molecular formula is C28H37N5O2. The van der Waals surface area contributed by atoms with Crippen LogP contribution >= 0.6 is 0 Å². The lowest BCUT2D eigenvalue weighted by molar-refractivity contribution is 0.394. The molecule has 1 fully saturated rings. The number of nitrogens with zero attached hydrogens (tertiary/aromatic N) is 2. The third-order valence-electron chi connectivity index (χ3n) is 6.48. The quantitative estimate of drug-likeness (QED) is 0.535. The van der Waals surface area contributed by atoms with Crippen molar-refractivity contribution < 1.29 is 9.47 Å². The molecule has 0 unspecified atom stereocenters. The number of benzene rings is 2. The van der Waals surface area contributed by atoms with Crippen LogP contribution in [0.3, 0.4) is 0 Å². The SMILES string of the molecule is C/C=C1/NC=C(c2ccc(N3CCNCC3)cc2)N/C1=C/CN(CC)c1cc(OC)cc(OC)c1. The third-order valence-corrected chi connectivity index (χ3v) is 6.48. The zero-order chi connectivity index (χ0) is 24.6. The molecular weight excluding hydrogens is 438 g/mol. The third kappa shape index (κ3) is 5.92. The zero-order valence-electron chi connectivity index (χ0n) is 21.2. The lowest BCUT2D eigenvalue weighted by atomic mass is 10.1. The molecule has 0 spiro atoms. The maximum absolute atomic E-state index is 5.46. The summed E-state index contributed by atoms with van der Waals surface area (Å²) in [7, 11) is 3.35. The van der Waals surface area contributed by atoms with E-state index in [2.05, 4.69) is 69.1 Å². The molecule has 0 radical (unpaired) electrons. The van der Waals surface area contributed by atoms with Crippen molar-refractivity contribution in [1.82, 2.24) is 16.0 Å². The van der Waals surface area contributed by atoms with Gasteiger partial charge in [-0.15, -0.1) is 0 Å². The number of rotatable bonds is 8. The van der Waals surface area contributed by atoms with Crippen molar-refractivity contribution in [2.75, 3.05) is 63.3 Å². The normalized spacial score (nSPS) is 18.1. The van der Waals surface area contributed by atoms with E-state index < -0.39 is 0 Å². The van der Waals surface area contributed by atoms with Crippen LogP contribution in [0.15, 0.2) is 72.2 Å². The van der Waals surface area contributed by atoms with Crippen LogP contribution in [-0.2, 0) is 0 Å². The van der Waals surface area contributed by atoms with Crippen LogP contribution in [0.5, 0.6) is 11.5 Å². The van der Waals surface area contributed by atoms with E-state index in [1.165, 1.54) is 5.69 Å². The summed E-state index contributed by atoms with van der Waals surface area (Å²) in [6.07, 6.45) is 6.35. The largest absolute Gasteiger partial charge is 0.497 e. The van der Waals surface area contributed by atoms with Crippen LogP contribution < -0.4 is 35.2 Å². The monoisotopic (exact) mass is 475 g/mol. The van der Waals surface area contributed by atoms with Crippen LogP contribution in [0.4, 0.5) is 11.4 Å². The molecule has 0 aliphatic carbocycles. The first-order chi connectivity index (χ1) is 17.1. The Morgan fingerprint density at radius 2 is 1.66 bits per heavy atom. The molecule has 2 aromatic carbocycles. The molecule has 7 nitrogen and oxygen atoms in total. The van der Waals surface area contributed by atoms with E-state index in [0.29, 0.717) is 0 Å². The molecule has 0 bridgehead atoms. The van der Waals surface area contributed by atoms with Gasteiger partial charge < -0.3 is 35.2 Å². The van der Waals surface area contributed by atoms with Gasteiger partial charge in [-0.25, -0.2) is 0 Å². The first-order valence-electron chi connectivity index (χ1n) is 12.3. The summed E-state index contributed by atoms with van der Waals surface area (Å²) in [5, 5.41) is 10.5. The van der Waals surface area contributed by atoms with E-state index in [1.807, 2.05) is 31.3 Å². The minimum Gasteiger partial charge on any atom is -0.497 e. The lowest BCUT2D eigenvalue weighted by Gasteiger charge is -2.30. The highest BCUT2D eigenvalue weighted by Gasteiger charge is 2.16. The highest BCUT2D eigenvalue weighted by molar-refractivity contribution is 5.70. The zero-order valence-corrected chi connectivity index (χ0v) is 21.2. The molecule has 2 heterocycles. The second kappa shape index (κ2) is 11.7. The van der Waals surface area contributed by atoms with Crippen LogP contribution in [-0.4, -0.2) is 53.5 Å². The minimum atomic E-state index is 0.739. The topological polar surface area (TPSA) is 61.0 Å². The van der Waals surface area contributed by atoms with E-state index in [-0.39, 0.29) is 0 Å². The molecule has 35 heavy (non-hydrogen) atoms. The Bertz CT molecular complexity index is 1060. The number of methoxy groups -OCH3 is 2. The van der Waals surface area contributed by atoms with Gasteiger partial charge in [0.25, 0.3) is 0 Å². The molecule has 7 heteroatoms. The van der Waals surface area contributed by atoms with Crippen molar-refractivity contribution in [1.29, 1.82) is 0 Å². The molecule has 1 saturated heterocycles. The van der Waals surface area contributed by atoms with Crippen LogP contribution in [0.25, 0.3) is 5.70 Å². The second-order valence-electron chi connectivity index (χ2n) is 8.54. The fourth-order valence-electron chi connectivity index (χ4n) is 4.40. The van der Waals surface area contributed by atoms with E-state index in [9.17, 15) is 0 Å². The lowest BCUT2D eigenvalue weighted by Crippen LogP contribution is -2.43. The molecule has 4 rings (SSSR count). The van der Waals surface area contributed by atoms with Gasteiger partial charge in [-0.3, -0.25) is 0 Å². The van der Waals surface area contributed by atoms with E-state index in [1.54, 1.807) is 14.2 Å². The van der Waals surface area contributed by atoms with Gasteiger partial charge in [-0.2, -0.15) is 0 Å². The summed E-state index contributed by atoms with van der Waals surface area (Å²) in [5.41, 5.74) is 6.67. The van der Waals surface area contributed by atoms with Gasteiger partial charge >= 0.3 is 0 Å². The van der Waals surface area contributed by atoms with Crippen molar-refractivity contribution in [3.8, 4) is 11.5 Å². The van der Waals surface area contributed by atoms with Crippen molar-refractivity contribution >= 4 is 17.1 Å². The fourth-order valence-corrected chi connectivity index (χ4v) is 4.40. The second-order valence-corrected chi connectivity index (χ2v) is 8.54. The number of allylic oxidation sites excluding steroid dienone is 1. The Hall–Kier alpha value is -3.58. The van der Waals surface area contributed by atoms with Gasteiger partial charge in [0.15, 0.2) is 0 Å². The fraction of sp³-hybridized carbons (Fsp3) is 0.357. The van der Waals surface area contributed by atoms with Crippen LogP contribution in [0.2, 0.25) is 0 Å². The van der Waals surface area contributed by atoms with Gasteiger partial charge in [0.1, 0.15) is 11.5 Å². The molecule has 0 aromatic heterocycles. The average molecular weight is 476 g/mol. The molecule has 0 amide bonds. The maximum Gasteiger partial charge on any atom is 0.124 e. The molecule has 0 saturated carbocycles. The first kappa shape index (κ1) is 24.5. The summed E-state index contributed by atoms with van der Waals surface area (Å²) in [4.78, 5) is 4.71. The predicted octanol–water partition coefficient (Wildman–Crippen LogP) is 3.92. The minimum absolute atomic E-state index is 0.739. The summed E-state index contributed by atoms with van der Waals surface area (Å²) in [6, 6.07) is 14.8. The van der Waals surface area contributed by atoms with E-state index in [0.717, 1.165) is 79.1 Å². The smallest absolute Gasteiger partial charge is 0.124 e. The number of hydrogen-bond acceptors (Lipinski definition) is 7. The van der Waals surface area contributed by atoms with Gasteiger partial charge in [-0.05, 0) is 37.6 Å². The highest BCUT2D eigenvalue weighted by Crippen LogP contribution is 2.29. The Morgan fingerprint density at radius 3 is 2.26 bits per heavy atom. The van der Waals surface area contributed by atoms with Crippen LogP contribution in [0.1, 0.15) is 19.4 Å². The van der Waals surface area contributed by atoms with Gasteiger partial charge in [0.05, 0.1) is 31.3 Å². The molecule has 0 atom stereocenters. The molecule has 2 aromatic rings. The summed E-state index contributed by atoms with van der Waals surface area (Å²) in [5.74, 6) is 1.57. The Labute approximate surface area is 209 Å². The molecule has 186 valence electrons. The van der Waals surface area contributed by atoms with E-state index >= 15 is 0 Å². The number of ether oxygens (including phenoxy) is 2. The molecule has 2 aliphatic heterocycles. The summed E-state index contributed by atoms with van der Waals surface area (Å²) in [6.45, 7) is 9.96. The standard InChI is InChI=1S/C28H37N5O2/c1-5-26-27(11-14-32(6-2)23-17-24(34-3)19-25(18-23)35-4)31-28(20-30-26)21-7-9-22(10-8-21)33-15-12-29-13-16-33/h5,7-11,17-20,29-31H,6,12-16H2,1-4H3/b26-5+,27-11+. The van der Waals surface area contributed by atoms with Crippen molar-refractivity contribution in [2.45, 2.75) is 13.8 Å². The number of hydrogen-bond donors (Lipinski definition) is 3. The average Bonchev–Trinajstić information content (AvgIpc) is 2.93. The first-order valence-corrected chi connectivity index (χ1v) is 12.3.